The van der Waals surface area contributed by atoms with Crippen molar-refractivity contribution in [1.82, 2.24) is 35.0 Å². The number of aromatic nitrogens is 6. The minimum absolute atomic E-state index is 0.382. The molecule has 0 radical (unpaired) electrons. The third-order valence-electron chi connectivity index (χ3n) is 7.79. The molecule has 7 rings (SSSR count). The van der Waals surface area contributed by atoms with Gasteiger partial charge in [-0.15, -0.1) is 0 Å². The number of rotatable bonds is 10. The lowest BCUT2D eigenvalue weighted by atomic mass is 9.99. The number of ether oxygens (including phenoxy) is 2. The van der Waals surface area contributed by atoms with Crippen LogP contribution in [0.25, 0.3) is 55.8 Å². The van der Waals surface area contributed by atoms with Gasteiger partial charge in [0.2, 0.25) is 0 Å². The van der Waals surface area contributed by atoms with Crippen LogP contribution in [0.3, 0.4) is 0 Å². The molecule has 0 saturated heterocycles. The van der Waals surface area contributed by atoms with E-state index in [2.05, 4.69) is 44.2 Å². The maximum Gasteiger partial charge on any atom is 0.178 e. The van der Waals surface area contributed by atoms with E-state index in [1.807, 2.05) is 73.7 Å². The van der Waals surface area contributed by atoms with E-state index in [9.17, 15) is 4.39 Å². The number of aryl methyl sites for hydroxylation is 1. The third kappa shape index (κ3) is 6.02. The second kappa shape index (κ2) is 12.4. The van der Waals surface area contributed by atoms with Crippen molar-refractivity contribution < 1.29 is 13.9 Å². The molecule has 46 heavy (non-hydrogen) atoms. The number of pyridine rings is 2. The van der Waals surface area contributed by atoms with Crippen molar-refractivity contribution in [1.29, 1.82) is 0 Å². The molecule has 0 atom stereocenters. The first kappa shape index (κ1) is 29.1. The summed E-state index contributed by atoms with van der Waals surface area (Å²) in [6.07, 6.45) is 5.22. The van der Waals surface area contributed by atoms with Gasteiger partial charge < -0.3 is 19.4 Å². The van der Waals surface area contributed by atoms with Gasteiger partial charge in [-0.2, -0.15) is 5.10 Å². The van der Waals surface area contributed by atoms with Crippen LogP contribution in [0.2, 0.25) is 0 Å². The number of nitrogens with one attached hydrogen (secondary N) is 2. The summed E-state index contributed by atoms with van der Waals surface area (Å²) in [4.78, 5) is 19.1. The van der Waals surface area contributed by atoms with Gasteiger partial charge in [-0.25, -0.2) is 14.4 Å². The summed E-state index contributed by atoms with van der Waals surface area (Å²) in [5, 5.41) is 8.66. The summed E-state index contributed by atoms with van der Waals surface area (Å²) in [5.41, 5.74) is 8.21. The Balaban J connectivity index is 1.22. The molecular weight excluding hydrogens is 581 g/mol. The Labute approximate surface area is 265 Å². The predicted octanol–water partition coefficient (Wildman–Crippen LogP) is 7.20. The van der Waals surface area contributed by atoms with Crippen LogP contribution in [0.4, 0.5) is 4.39 Å². The summed E-state index contributed by atoms with van der Waals surface area (Å²) >= 11 is 0. The van der Waals surface area contributed by atoms with E-state index < -0.39 is 0 Å². The number of hydrogen-bond donors (Lipinski definition) is 2. The van der Waals surface area contributed by atoms with Gasteiger partial charge in [0.25, 0.3) is 0 Å². The van der Waals surface area contributed by atoms with Crippen LogP contribution >= 0.6 is 0 Å². The lowest BCUT2D eigenvalue weighted by molar-refractivity contribution is 0.260. The normalized spacial score (nSPS) is 11.5. The smallest absolute Gasteiger partial charge is 0.178 e. The number of imidazole rings is 1. The van der Waals surface area contributed by atoms with Crippen LogP contribution in [-0.2, 0) is 6.61 Å². The van der Waals surface area contributed by atoms with E-state index in [1.165, 1.54) is 12.1 Å². The molecule has 0 unspecified atom stereocenters. The maximum absolute atomic E-state index is 14.7. The molecule has 7 aromatic rings. The van der Waals surface area contributed by atoms with Gasteiger partial charge >= 0.3 is 0 Å². The first-order chi connectivity index (χ1) is 22.4. The molecule has 0 saturated carbocycles. The van der Waals surface area contributed by atoms with Gasteiger partial charge in [-0.3, -0.25) is 10.1 Å². The van der Waals surface area contributed by atoms with Crippen LogP contribution in [0.5, 0.6) is 11.5 Å². The Morgan fingerprint density at radius 1 is 0.870 bits per heavy atom. The molecule has 0 aliphatic rings. The van der Waals surface area contributed by atoms with Gasteiger partial charge in [-0.1, -0.05) is 30.3 Å². The first-order valence-corrected chi connectivity index (χ1v) is 15.0. The number of H-pyrrole nitrogens is 2. The monoisotopic (exact) mass is 613 g/mol. The van der Waals surface area contributed by atoms with Crippen LogP contribution in [0.1, 0.15) is 11.1 Å². The van der Waals surface area contributed by atoms with Crippen molar-refractivity contribution >= 4 is 22.1 Å². The van der Waals surface area contributed by atoms with Crippen molar-refractivity contribution in [2.45, 2.75) is 13.5 Å². The molecule has 3 aromatic carbocycles. The topological polar surface area (TPSA) is 105 Å². The fourth-order valence-corrected chi connectivity index (χ4v) is 5.46. The minimum Gasteiger partial charge on any atom is -0.492 e. The molecule has 4 aromatic heterocycles. The number of halogens is 1. The zero-order valence-electron chi connectivity index (χ0n) is 25.7. The lowest BCUT2D eigenvalue weighted by Gasteiger charge is -2.12. The van der Waals surface area contributed by atoms with E-state index in [0.717, 1.165) is 45.3 Å². The number of likely N-dealkylation sites (N-methyl/N-ethyl adjacent to an activating group) is 1. The number of hydrogen-bond acceptors (Lipinski definition) is 7. The van der Waals surface area contributed by atoms with Gasteiger partial charge in [0.05, 0.1) is 17.2 Å². The van der Waals surface area contributed by atoms with Crippen molar-refractivity contribution in [3.8, 4) is 45.3 Å². The third-order valence-corrected chi connectivity index (χ3v) is 7.79. The zero-order valence-corrected chi connectivity index (χ0v) is 25.7. The zero-order chi connectivity index (χ0) is 31.6. The Morgan fingerprint density at radius 2 is 1.72 bits per heavy atom. The molecule has 9 nitrogen and oxygen atoms in total. The maximum atomic E-state index is 14.7. The molecule has 0 fully saturated rings. The number of benzene rings is 3. The van der Waals surface area contributed by atoms with Crippen molar-refractivity contribution in [2.24, 2.45) is 0 Å². The largest absolute Gasteiger partial charge is 0.492 e. The van der Waals surface area contributed by atoms with Crippen LogP contribution in [0, 0.1) is 12.7 Å². The quantitative estimate of drug-likeness (QED) is 0.168. The van der Waals surface area contributed by atoms with Crippen molar-refractivity contribution in [3.63, 3.8) is 0 Å². The van der Waals surface area contributed by atoms with Gasteiger partial charge in [0.1, 0.15) is 36.2 Å². The Hall–Kier alpha value is -5.61. The Bertz CT molecular complexity index is 2160. The standard InChI is InChI=1S/C36H32FN7O2/c1-22-13-32-31(18-30(22)25-16-28(20-38-19-25)46-21-23-7-5-4-6-8-23)34(43-42-32)36-40-33-29(9-10-39-35(33)41-36)24-14-26(37)17-27(15-24)45-12-11-44(2)3/h4-10,13-20H,11-12,21H2,1-3H3,(H,42,43)(H,39,40,41). The molecule has 2 N–H and O–H groups in total. The summed E-state index contributed by atoms with van der Waals surface area (Å²) in [6.45, 7) is 3.68. The summed E-state index contributed by atoms with van der Waals surface area (Å²) < 4.78 is 26.6. The van der Waals surface area contributed by atoms with E-state index >= 15 is 0 Å². The summed E-state index contributed by atoms with van der Waals surface area (Å²) in [7, 11) is 3.93. The highest BCUT2D eigenvalue weighted by Crippen LogP contribution is 2.35. The average Bonchev–Trinajstić information content (AvgIpc) is 3.67. The molecule has 4 heterocycles. The molecule has 0 aliphatic carbocycles. The Kier molecular flexibility index (Phi) is 7.86. The van der Waals surface area contributed by atoms with Crippen molar-refractivity contribution in [3.05, 3.63) is 108 Å². The van der Waals surface area contributed by atoms with Gasteiger partial charge in [0.15, 0.2) is 11.5 Å². The highest BCUT2D eigenvalue weighted by Gasteiger charge is 2.18. The van der Waals surface area contributed by atoms with E-state index in [0.29, 0.717) is 53.0 Å². The van der Waals surface area contributed by atoms with Gasteiger partial charge in [-0.05, 0) is 79.7 Å². The fraction of sp³-hybridized carbons (Fsp3) is 0.167. The van der Waals surface area contributed by atoms with Crippen molar-refractivity contribution in [2.75, 3.05) is 27.2 Å². The minimum atomic E-state index is -0.382. The molecular formula is C36H32FN7O2. The summed E-state index contributed by atoms with van der Waals surface area (Å²) in [6, 6.07) is 22.7. The highest BCUT2D eigenvalue weighted by molar-refractivity contribution is 5.98. The molecule has 230 valence electrons. The lowest BCUT2D eigenvalue weighted by Crippen LogP contribution is -2.19. The summed E-state index contributed by atoms with van der Waals surface area (Å²) in [5.74, 6) is 1.32. The fourth-order valence-electron chi connectivity index (χ4n) is 5.46. The molecule has 0 spiro atoms. The molecule has 10 heteroatoms. The average molecular weight is 614 g/mol. The van der Waals surface area contributed by atoms with Crippen LogP contribution in [0.15, 0.2) is 91.4 Å². The van der Waals surface area contributed by atoms with E-state index in [4.69, 9.17) is 14.5 Å². The molecule has 0 bridgehead atoms. The SMILES string of the molecule is Cc1cc2[nH]nc(-c3nc4nccc(-c5cc(F)cc(OCCN(C)C)c5)c4[nH]3)c2cc1-c1cncc(OCc2ccccc2)c1. The van der Waals surface area contributed by atoms with Gasteiger partial charge in [0, 0.05) is 41.5 Å². The second-order valence-electron chi connectivity index (χ2n) is 11.4. The molecule has 0 amide bonds. The van der Waals surface area contributed by atoms with E-state index in [-0.39, 0.29) is 5.82 Å². The van der Waals surface area contributed by atoms with E-state index in [1.54, 1.807) is 12.4 Å². The Morgan fingerprint density at radius 3 is 2.57 bits per heavy atom. The number of nitrogens with zero attached hydrogens (tertiary/aromatic N) is 5. The first-order valence-electron chi connectivity index (χ1n) is 15.0. The number of aromatic amines is 2. The highest BCUT2D eigenvalue weighted by atomic mass is 19.1. The van der Waals surface area contributed by atoms with Crippen LogP contribution < -0.4 is 9.47 Å². The number of fused-ring (bicyclic) bond motifs is 2. The molecule has 0 aliphatic heterocycles. The predicted molar refractivity (Wildman–Crippen MR) is 177 cm³/mol. The second-order valence-corrected chi connectivity index (χ2v) is 11.4. The van der Waals surface area contributed by atoms with Crippen LogP contribution in [-0.4, -0.2) is 62.3 Å².